The first-order valence-corrected chi connectivity index (χ1v) is 6.07. The van der Waals surface area contributed by atoms with Crippen molar-refractivity contribution < 1.29 is 4.74 Å². The molecule has 0 fully saturated rings. The van der Waals surface area contributed by atoms with Crippen LogP contribution in [0.1, 0.15) is 5.56 Å². The molecule has 0 atom stereocenters. The third kappa shape index (κ3) is 2.90. The first kappa shape index (κ1) is 12.2. The lowest BCUT2D eigenvalue weighted by Crippen LogP contribution is -1.92. The minimum Gasteiger partial charge on any atom is -0.455 e. The molecule has 2 rings (SSSR count). The van der Waals surface area contributed by atoms with E-state index in [0.29, 0.717) is 22.2 Å². The van der Waals surface area contributed by atoms with E-state index >= 15 is 0 Å². The number of hydrogen-bond acceptors (Lipinski definition) is 3. The molecule has 0 amide bonds. The third-order valence-electron chi connectivity index (χ3n) is 2.20. The van der Waals surface area contributed by atoms with Gasteiger partial charge in [-0.3, -0.25) is 4.98 Å². The maximum atomic E-state index is 5.95. The minimum absolute atomic E-state index is 0.480. The Morgan fingerprint density at radius 3 is 2.76 bits per heavy atom. The van der Waals surface area contributed by atoms with Crippen LogP contribution in [0.25, 0.3) is 0 Å². The van der Waals surface area contributed by atoms with Gasteiger partial charge in [-0.05, 0) is 40.5 Å². The lowest BCUT2D eigenvalue weighted by atomic mass is 10.2. The molecule has 0 saturated heterocycles. The highest BCUT2D eigenvalue weighted by atomic mass is 79.9. The average Bonchev–Trinajstić information content (AvgIpc) is 2.26. The zero-order valence-electron chi connectivity index (χ0n) is 9.08. The first-order chi connectivity index (χ1) is 8.06. The van der Waals surface area contributed by atoms with Gasteiger partial charge in [-0.15, -0.1) is 0 Å². The quantitative estimate of drug-likeness (QED) is 0.846. The van der Waals surface area contributed by atoms with Crippen LogP contribution >= 0.6 is 27.5 Å². The number of pyridine rings is 1. The number of aromatic nitrogens is 1. The topological polar surface area (TPSA) is 48.1 Å². The fourth-order valence-corrected chi connectivity index (χ4v) is 1.87. The maximum absolute atomic E-state index is 5.95. The van der Waals surface area contributed by atoms with E-state index in [2.05, 4.69) is 20.9 Å². The lowest BCUT2D eigenvalue weighted by Gasteiger charge is -2.10. The Kier molecular flexibility index (Phi) is 3.54. The fraction of sp³-hybridized carbons (Fsp3) is 0.0833. The average molecular weight is 314 g/mol. The molecule has 0 unspecified atom stereocenters. The van der Waals surface area contributed by atoms with Gasteiger partial charge in [-0.25, -0.2) is 0 Å². The predicted octanol–water partition coefficient (Wildman–Crippen LogP) is 4.18. The molecular formula is C12H10BrClN2O. The smallest absolute Gasteiger partial charge is 0.146 e. The van der Waals surface area contributed by atoms with Crippen LogP contribution in [-0.4, -0.2) is 4.98 Å². The number of aryl methyl sites for hydroxylation is 1. The van der Waals surface area contributed by atoms with E-state index < -0.39 is 0 Å². The first-order valence-electron chi connectivity index (χ1n) is 4.90. The Balaban J connectivity index is 2.33. The normalized spacial score (nSPS) is 10.3. The van der Waals surface area contributed by atoms with E-state index in [1.165, 1.54) is 0 Å². The molecule has 0 radical (unpaired) electrons. The number of nitrogens with zero attached hydrogens (tertiary/aromatic N) is 1. The van der Waals surface area contributed by atoms with Crippen LogP contribution < -0.4 is 10.5 Å². The summed E-state index contributed by atoms with van der Waals surface area (Å²) in [5.74, 6) is 1.31. The highest BCUT2D eigenvalue weighted by molar-refractivity contribution is 9.10. The van der Waals surface area contributed by atoms with Gasteiger partial charge in [0.25, 0.3) is 0 Å². The number of nitrogen functional groups attached to an aromatic ring is 1. The van der Waals surface area contributed by atoms with E-state index in [9.17, 15) is 0 Å². The molecule has 0 spiro atoms. The molecule has 0 aliphatic carbocycles. The van der Waals surface area contributed by atoms with Crippen molar-refractivity contribution in [3.8, 4) is 11.5 Å². The summed E-state index contributed by atoms with van der Waals surface area (Å²) < 4.78 is 6.55. The van der Waals surface area contributed by atoms with Crippen molar-refractivity contribution in [1.29, 1.82) is 0 Å². The number of benzene rings is 1. The van der Waals surface area contributed by atoms with Gasteiger partial charge in [-0.1, -0.05) is 11.6 Å². The molecule has 1 aromatic heterocycles. The van der Waals surface area contributed by atoms with Gasteiger partial charge < -0.3 is 10.5 Å². The molecule has 0 bridgehead atoms. The molecule has 3 nitrogen and oxygen atoms in total. The summed E-state index contributed by atoms with van der Waals surface area (Å²) >= 11 is 9.28. The molecule has 88 valence electrons. The second-order valence-electron chi connectivity index (χ2n) is 3.58. The molecule has 1 aromatic carbocycles. The minimum atomic E-state index is 0.480. The van der Waals surface area contributed by atoms with E-state index in [1.807, 2.05) is 13.0 Å². The van der Waals surface area contributed by atoms with Gasteiger partial charge in [0.2, 0.25) is 0 Å². The molecule has 1 heterocycles. The summed E-state index contributed by atoms with van der Waals surface area (Å²) in [6.45, 7) is 1.91. The monoisotopic (exact) mass is 312 g/mol. The van der Waals surface area contributed by atoms with Gasteiger partial charge in [-0.2, -0.15) is 0 Å². The second-order valence-corrected chi connectivity index (χ2v) is 4.90. The summed E-state index contributed by atoms with van der Waals surface area (Å²) in [6, 6.07) is 5.31. The van der Waals surface area contributed by atoms with Crippen molar-refractivity contribution in [3.05, 3.63) is 45.7 Å². The van der Waals surface area contributed by atoms with E-state index in [0.717, 1.165) is 10.0 Å². The number of rotatable bonds is 2. The largest absolute Gasteiger partial charge is 0.455 e. The van der Waals surface area contributed by atoms with Gasteiger partial charge >= 0.3 is 0 Å². The zero-order chi connectivity index (χ0) is 12.4. The van der Waals surface area contributed by atoms with E-state index in [4.69, 9.17) is 22.1 Å². The maximum Gasteiger partial charge on any atom is 0.146 e. The molecule has 2 N–H and O–H groups in total. The molecule has 0 aliphatic heterocycles. The van der Waals surface area contributed by atoms with Gasteiger partial charge in [0.05, 0.1) is 16.9 Å². The van der Waals surface area contributed by atoms with Crippen molar-refractivity contribution in [2.24, 2.45) is 0 Å². The van der Waals surface area contributed by atoms with Crippen molar-refractivity contribution in [2.45, 2.75) is 6.92 Å². The van der Waals surface area contributed by atoms with Gasteiger partial charge in [0.15, 0.2) is 0 Å². The molecular weight excluding hydrogens is 304 g/mol. The number of anilines is 1. The summed E-state index contributed by atoms with van der Waals surface area (Å²) in [4.78, 5) is 4.02. The summed E-state index contributed by atoms with van der Waals surface area (Å²) in [5.41, 5.74) is 7.17. The van der Waals surface area contributed by atoms with Crippen molar-refractivity contribution in [3.63, 3.8) is 0 Å². The Hall–Kier alpha value is -1.26. The van der Waals surface area contributed by atoms with Crippen molar-refractivity contribution in [2.75, 3.05) is 5.73 Å². The van der Waals surface area contributed by atoms with Crippen molar-refractivity contribution in [1.82, 2.24) is 4.98 Å². The molecule has 5 heteroatoms. The van der Waals surface area contributed by atoms with Crippen molar-refractivity contribution >= 4 is 33.2 Å². The Morgan fingerprint density at radius 1 is 1.29 bits per heavy atom. The molecule has 0 aliphatic rings. The highest BCUT2D eigenvalue weighted by Gasteiger charge is 2.06. The van der Waals surface area contributed by atoms with Gasteiger partial charge in [0.1, 0.15) is 11.5 Å². The lowest BCUT2D eigenvalue weighted by molar-refractivity contribution is 0.476. The Labute approximate surface area is 113 Å². The van der Waals surface area contributed by atoms with Crippen LogP contribution in [0.5, 0.6) is 11.5 Å². The highest BCUT2D eigenvalue weighted by Crippen LogP contribution is 2.32. The second kappa shape index (κ2) is 4.94. The molecule has 17 heavy (non-hydrogen) atoms. The molecule has 2 aromatic rings. The fourth-order valence-electron chi connectivity index (χ4n) is 1.37. The molecule has 0 saturated carbocycles. The van der Waals surface area contributed by atoms with Crippen LogP contribution in [0.3, 0.4) is 0 Å². The zero-order valence-corrected chi connectivity index (χ0v) is 11.4. The number of ether oxygens (including phenoxy) is 1. The van der Waals surface area contributed by atoms with E-state index in [1.54, 1.807) is 24.5 Å². The SMILES string of the molecule is Cc1cc(N)c(Cl)cc1Oc1cncc(Br)c1. The summed E-state index contributed by atoms with van der Waals surface area (Å²) in [6.07, 6.45) is 3.32. The number of hydrogen-bond donors (Lipinski definition) is 1. The Morgan fingerprint density at radius 2 is 2.06 bits per heavy atom. The Bertz CT molecular complexity index is 560. The number of halogens is 2. The summed E-state index contributed by atoms with van der Waals surface area (Å²) in [5, 5.41) is 0.480. The van der Waals surface area contributed by atoms with Crippen LogP contribution in [0, 0.1) is 6.92 Å². The predicted molar refractivity (Wildman–Crippen MR) is 72.6 cm³/mol. The standard InChI is InChI=1S/C12H10BrClN2O/c1-7-2-11(15)10(14)4-12(7)17-9-3-8(13)5-16-6-9/h2-6H,15H2,1H3. The third-order valence-corrected chi connectivity index (χ3v) is 2.96. The summed E-state index contributed by atoms with van der Waals surface area (Å²) in [7, 11) is 0. The van der Waals surface area contributed by atoms with Crippen LogP contribution in [0.4, 0.5) is 5.69 Å². The van der Waals surface area contributed by atoms with Gasteiger partial charge in [0, 0.05) is 16.7 Å². The van der Waals surface area contributed by atoms with Crippen LogP contribution in [0.15, 0.2) is 35.1 Å². The van der Waals surface area contributed by atoms with E-state index in [-0.39, 0.29) is 0 Å². The van der Waals surface area contributed by atoms with Crippen LogP contribution in [0.2, 0.25) is 5.02 Å². The number of nitrogens with two attached hydrogens (primary N) is 1. The van der Waals surface area contributed by atoms with Crippen LogP contribution in [-0.2, 0) is 0 Å².